The highest BCUT2D eigenvalue weighted by atomic mass is 35.5. The third-order valence-electron chi connectivity index (χ3n) is 2.02. The van der Waals surface area contributed by atoms with Crippen molar-refractivity contribution in [2.75, 3.05) is 17.6 Å². The number of nitrogen functional groups attached to an aromatic ring is 1. The number of nitrogens with two attached hydrogens (primary N) is 1. The molecule has 0 spiro atoms. The number of aromatic nitrogens is 2. The van der Waals surface area contributed by atoms with Crippen LogP contribution in [0.25, 0.3) is 0 Å². The number of nitrogens with zero attached hydrogens (tertiary/aromatic N) is 2. The lowest BCUT2D eigenvalue weighted by Gasteiger charge is -2.05. The molecule has 0 radical (unpaired) electrons. The molecular formula is C10H10Cl2N4S. The summed E-state index contributed by atoms with van der Waals surface area (Å²) in [6.45, 7) is 0.740. The zero-order valence-electron chi connectivity index (χ0n) is 8.78. The summed E-state index contributed by atoms with van der Waals surface area (Å²) >= 11 is 13.2. The van der Waals surface area contributed by atoms with Gasteiger partial charge in [-0.05, 0) is 18.6 Å². The quantitative estimate of drug-likeness (QED) is 0.849. The van der Waals surface area contributed by atoms with Crippen LogP contribution in [0.4, 0.5) is 11.8 Å². The van der Waals surface area contributed by atoms with Crippen molar-refractivity contribution >= 4 is 46.3 Å². The molecule has 0 saturated carbocycles. The van der Waals surface area contributed by atoms with E-state index in [0.29, 0.717) is 11.0 Å². The number of thiophene rings is 1. The lowest BCUT2D eigenvalue weighted by Crippen LogP contribution is -2.07. The second-order valence-electron chi connectivity index (χ2n) is 3.32. The highest BCUT2D eigenvalue weighted by Gasteiger charge is 2.01. The fourth-order valence-corrected chi connectivity index (χ4v) is 2.60. The number of nitrogens with one attached hydrogen (secondary N) is 1. The summed E-state index contributed by atoms with van der Waals surface area (Å²) in [5, 5.41) is 3.46. The zero-order valence-corrected chi connectivity index (χ0v) is 11.1. The fraction of sp³-hybridized carbons (Fsp3) is 0.200. The van der Waals surface area contributed by atoms with Gasteiger partial charge in [0.1, 0.15) is 11.0 Å². The molecule has 2 rings (SSSR count). The molecule has 0 aliphatic carbocycles. The molecule has 4 nitrogen and oxygen atoms in total. The van der Waals surface area contributed by atoms with Gasteiger partial charge in [-0.15, -0.1) is 11.3 Å². The molecule has 0 aromatic carbocycles. The number of halogens is 2. The Morgan fingerprint density at radius 3 is 2.76 bits per heavy atom. The molecule has 0 unspecified atom stereocenters. The first-order valence-electron chi connectivity index (χ1n) is 4.91. The van der Waals surface area contributed by atoms with E-state index in [9.17, 15) is 0 Å². The molecule has 0 atom stereocenters. The molecular weight excluding hydrogens is 279 g/mol. The molecule has 2 aromatic heterocycles. The van der Waals surface area contributed by atoms with Crippen LogP contribution in [0.2, 0.25) is 9.49 Å². The third-order valence-corrected chi connectivity index (χ3v) is 3.50. The van der Waals surface area contributed by atoms with E-state index >= 15 is 0 Å². The van der Waals surface area contributed by atoms with E-state index in [2.05, 4.69) is 15.3 Å². The van der Waals surface area contributed by atoms with Crippen molar-refractivity contribution in [2.24, 2.45) is 0 Å². The Bertz CT molecular complexity index is 495. The molecule has 0 aliphatic heterocycles. The van der Waals surface area contributed by atoms with Gasteiger partial charge in [-0.2, -0.15) is 4.98 Å². The van der Waals surface area contributed by atoms with Gasteiger partial charge in [0.15, 0.2) is 0 Å². The van der Waals surface area contributed by atoms with Gasteiger partial charge in [0.25, 0.3) is 0 Å². The maximum absolute atomic E-state index is 5.84. The summed E-state index contributed by atoms with van der Waals surface area (Å²) in [5.41, 5.74) is 5.48. The van der Waals surface area contributed by atoms with Crippen LogP contribution in [-0.2, 0) is 6.42 Å². The van der Waals surface area contributed by atoms with Crippen LogP contribution in [0.1, 0.15) is 4.88 Å². The van der Waals surface area contributed by atoms with Crippen molar-refractivity contribution in [3.8, 4) is 0 Å². The van der Waals surface area contributed by atoms with Crippen molar-refractivity contribution < 1.29 is 0 Å². The van der Waals surface area contributed by atoms with E-state index in [-0.39, 0.29) is 5.95 Å². The van der Waals surface area contributed by atoms with Crippen LogP contribution in [0, 0.1) is 0 Å². The second-order valence-corrected chi connectivity index (χ2v) is 5.50. The monoisotopic (exact) mass is 288 g/mol. The van der Waals surface area contributed by atoms with Crippen molar-refractivity contribution in [1.82, 2.24) is 9.97 Å². The maximum atomic E-state index is 5.84. The Balaban J connectivity index is 1.89. The molecule has 0 bridgehead atoms. The number of rotatable bonds is 4. The van der Waals surface area contributed by atoms with Crippen molar-refractivity contribution in [3.63, 3.8) is 0 Å². The van der Waals surface area contributed by atoms with Gasteiger partial charge >= 0.3 is 0 Å². The van der Waals surface area contributed by atoms with Crippen LogP contribution >= 0.6 is 34.5 Å². The summed E-state index contributed by atoms with van der Waals surface area (Å²) in [6, 6.07) is 5.54. The van der Waals surface area contributed by atoms with Gasteiger partial charge in [0, 0.05) is 17.5 Å². The van der Waals surface area contributed by atoms with E-state index in [0.717, 1.165) is 17.3 Å². The molecule has 2 heterocycles. The topological polar surface area (TPSA) is 63.8 Å². The second kappa shape index (κ2) is 5.53. The minimum Gasteiger partial charge on any atom is -0.369 e. The number of hydrogen-bond acceptors (Lipinski definition) is 5. The molecule has 2 aromatic rings. The Labute approximate surface area is 113 Å². The van der Waals surface area contributed by atoms with Gasteiger partial charge in [-0.3, -0.25) is 0 Å². The normalized spacial score (nSPS) is 10.5. The fourth-order valence-electron chi connectivity index (χ4n) is 1.33. The minimum absolute atomic E-state index is 0.166. The molecule has 17 heavy (non-hydrogen) atoms. The zero-order chi connectivity index (χ0) is 12.3. The van der Waals surface area contributed by atoms with Crippen molar-refractivity contribution in [2.45, 2.75) is 6.42 Å². The molecule has 0 fully saturated rings. The Morgan fingerprint density at radius 2 is 2.12 bits per heavy atom. The standard InChI is InChI=1S/C10H10Cl2N4S/c11-7-5-9(16-10(13)15-7)14-4-3-6-1-2-8(12)17-6/h1-2,5H,3-4H2,(H3,13,14,15,16). The summed E-state index contributed by atoms with van der Waals surface area (Å²) in [5.74, 6) is 0.796. The van der Waals surface area contributed by atoms with E-state index in [4.69, 9.17) is 28.9 Å². The molecule has 0 saturated heterocycles. The van der Waals surface area contributed by atoms with Gasteiger partial charge in [0.2, 0.25) is 5.95 Å². The molecule has 3 N–H and O–H groups in total. The van der Waals surface area contributed by atoms with E-state index in [1.165, 1.54) is 4.88 Å². The average molecular weight is 289 g/mol. The first-order valence-corrected chi connectivity index (χ1v) is 6.49. The lowest BCUT2D eigenvalue weighted by molar-refractivity contribution is 1.02. The van der Waals surface area contributed by atoms with Crippen molar-refractivity contribution in [1.29, 1.82) is 0 Å². The van der Waals surface area contributed by atoms with Gasteiger partial charge in [0.05, 0.1) is 4.34 Å². The smallest absolute Gasteiger partial charge is 0.223 e. The van der Waals surface area contributed by atoms with Crippen LogP contribution in [-0.4, -0.2) is 16.5 Å². The SMILES string of the molecule is Nc1nc(Cl)cc(NCCc2ccc(Cl)s2)n1. The van der Waals surface area contributed by atoms with Crippen LogP contribution in [0.15, 0.2) is 18.2 Å². The Kier molecular flexibility index (Phi) is 4.04. The van der Waals surface area contributed by atoms with E-state index < -0.39 is 0 Å². The average Bonchev–Trinajstić information content (AvgIpc) is 2.63. The summed E-state index contributed by atoms with van der Waals surface area (Å²) < 4.78 is 0.800. The predicted octanol–water partition coefficient (Wildman–Crippen LogP) is 3.08. The van der Waals surface area contributed by atoms with Crippen LogP contribution in [0.3, 0.4) is 0 Å². The largest absolute Gasteiger partial charge is 0.369 e. The lowest BCUT2D eigenvalue weighted by atomic mass is 10.3. The summed E-state index contributed by atoms with van der Waals surface area (Å²) in [6.07, 6.45) is 0.874. The number of hydrogen-bond donors (Lipinski definition) is 2. The first-order chi connectivity index (χ1) is 8.13. The predicted molar refractivity (Wildman–Crippen MR) is 73.0 cm³/mol. The Hall–Kier alpha value is -1.04. The molecule has 90 valence electrons. The molecule has 0 amide bonds. The highest BCUT2D eigenvalue weighted by Crippen LogP contribution is 2.21. The summed E-state index contributed by atoms with van der Waals surface area (Å²) in [4.78, 5) is 9.02. The van der Waals surface area contributed by atoms with E-state index in [1.807, 2.05) is 12.1 Å². The minimum atomic E-state index is 0.166. The van der Waals surface area contributed by atoms with Crippen molar-refractivity contribution in [3.05, 3.63) is 32.6 Å². The molecule has 0 aliphatic rings. The number of anilines is 2. The first kappa shape index (κ1) is 12.4. The van der Waals surface area contributed by atoms with Crippen LogP contribution < -0.4 is 11.1 Å². The van der Waals surface area contributed by atoms with Gasteiger partial charge in [-0.1, -0.05) is 23.2 Å². The summed E-state index contributed by atoms with van der Waals surface area (Å²) in [7, 11) is 0. The maximum Gasteiger partial charge on any atom is 0.223 e. The Morgan fingerprint density at radius 1 is 1.29 bits per heavy atom. The van der Waals surface area contributed by atoms with E-state index in [1.54, 1.807) is 17.4 Å². The highest BCUT2D eigenvalue weighted by molar-refractivity contribution is 7.16. The van der Waals surface area contributed by atoms with Crippen LogP contribution in [0.5, 0.6) is 0 Å². The van der Waals surface area contributed by atoms with Gasteiger partial charge < -0.3 is 11.1 Å². The van der Waals surface area contributed by atoms with Gasteiger partial charge in [-0.25, -0.2) is 4.98 Å². The molecule has 7 heteroatoms. The third kappa shape index (κ3) is 3.73.